The molecule has 0 unspecified atom stereocenters. The molecule has 0 fully saturated rings. The first-order valence-corrected chi connectivity index (χ1v) is 7.72. The zero-order chi connectivity index (χ0) is 16.2. The summed E-state index contributed by atoms with van der Waals surface area (Å²) in [5.41, 5.74) is 10.8. The fourth-order valence-corrected chi connectivity index (χ4v) is 2.68. The van der Waals surface area contributed by atoms with Gasteiger partial charge in [-0.3, -0.25) is 0 Å². The van der Waals surface area contributed by atoms with Crippen LogP contribution in [0, 0.1) is 6.92 Å². The van der Waals surface area contributed by atoms with E-state index in [9.17, 15) is 0 Å². The van der Waals surface area contributed by atoms with E-state index in [1.165, 1.54) is 0 Å². The minimum atomic E-state index is -0.153. The normalized spacial score (nSPS) is 12.0. The third-order valence-electron chi connectivity index (χ3n) is 4.12. The highest BCUT2D eigenvalue weighted by Gasteiger charge is 2.14. The number of rotatable bonds is 4. The molecule has 1 atom stereocenters. The van der Waals surface area contributed by atoms with Gasteiger partial charge in [0.15, 0.2) is 0 Å². The van der Waals surface area contributed by atoms with E-state index in [-0.39, 0.29) is 6.04 Å². The van der Waals surface area contributed by atoms with Crippen LogP contribution in [-0.2, 0) is 0 Å². The second kappa shape index (κ2) is 6.63. The molecule has 0 aliphatic rings. The van der Waals surface area contributed by atoms with Gasteiger partial charge in [-0.2, -0.15) is 0 Å². The number of hydrogen-bond acceptors (Lipinski definition) is 3. The quantitative estimate of drug-likeness (QED) is 0.785. The minimum Gasteiger partial charge on any atom is -0.329 e. The Balaban J connectivity index is 1.89. The maximum absolute atomic E-state index is 6.40. The molecule has 0 spiro atoms. The number of pyridine rings is 1. The molecule has 0 radical (unpaired) electrons. The SMILES string of the molecule is Cc1cc(N(C)c2ccccc2)ncc1[C@H](N)c1ccccc1. The molecule has 3 heteroatoms. The van der Waals surface area contributed by atoms with Gasteiger partial charge < -0.3 is 10.6 Å². The third-order valence-corrected chi connectivity index (χ3v) is 4.12. The van der Waals surface area contributed by atoms with Crippen LogP contribution in [0.25, 0.3) is 0 Å². The number of para-hydroxylation sites is 1. The summed E-state index contributed by atoms with van der Waals surface area (Å²) in [4.78, 5) is 6.68. The van der Waals surface area contributed by atoms with Crippen molar-refractivity contribution in [2.75, 3.05) is 11.9 Å². The summed E-state index contributed by atoms with van der Waals surface area (Å²) >= 11 is 0. The summed E-state index contributed by atoms with van der Waals surface area (Å²) in [5, 5.41) is 0. The van der Waals surface area contributed by atoms with Crippen LogP contribution in [0.2, 0.25) is 0 Å². The van der Waals surface area contributed by atoms with Crippen molar-refractivity contribution in [1.82, 2.24) is 4.98 Å². The standard InChI is InChI=1S/C20H21N3/c1-15-13-19(23(2)17-11-7-4-8-12-17)22-14-18(15)20(21)16-9-5-3-6-10-16/h3-14,20H,21H2,1-2H3/t20-/m1/s1. The Labute approximate surface area is 137 Å². The molecule has 2 aromatic carbocycles. The molecular weight excluding hydrogens is 282 g/mol. The van der Waals surface area contributed by atoms with E-state index in [1.54, 1.807) is 0 Å². The Bertz CT molecular complexity index is 769. The van der Waals surface area contributed by atoms with Crippen molar-refractivity contribution >= 4 is 11.5 Å². The number of aromatic nitrogens is 1. The predicted octanol–water partition coefficient (Wildman–Crippen LogP) is 4.21. The molecule has 1 aromatic heterocycles. The molecule has 0 saturated carbocycles. The minimum absolute atomic E-state index is 0.153. The smallest absolute Gasteiger partial charge is 0.132 e. The Morgan fingerprint density at radius 1 is 0.957 bits per heavy atom. The first-order chi connectivity index (χ1) is 11.2. The van der Waals surface area contributed by atoms with Crippen molar-refractivity contribution in [3.8, 4) is 0 Å². The fraction of sp³-hybridized carbons (Fsp3) is 0.150. The van der Waals surface area contributed by atoms with Crippen LogP contribution in [0.1, 0.15) is 22.7 Å². The summed E-state index contributed by atoms with van der Waals surface area (Å²) in [6.45, 7) is 2.09. The molecule has 0 amide bonds. The largest absolute Gasteiger partial charge is 0.329 e. The average molecular weight is 303 g/mol. The van der Waals surface area contributed by atoms with Crippen LogP contribution in [-0.4, -0.2) is 12.0 Å². The highest BCUT2D eigenvalue weighted by molar-refractivity contribution is 5.60. The van der Waals surface area contributed by atoms with Gasteiger partial charge in [-0.15, -0.1) is 0 Å². The number of nitrogens with two attached hydrogens (primary N) is 1. The van der Waals surface area contributed by atoms with Crippen LogP contribution >= 0.6 is 0 Å². The van der Waals surface area contributed by atoms with Gasteiger partial charge in [0.2, 0.25) is 0 Å². The monoisotopic (exact) mass is 303 g/mol. The van der Waals surface area contributed by atoms with Crippen molar-refractivity contribution < 1.29 is 0 Å². The molecule has 3 nitrogen and oxygen atoms in total. The lowest BCUT2D eigenvalue weighted by Gasteiger charge is -2.21. The molecule has 3 rings (SSSR count). The summed E-state index contributed by atoms with van der Waals surface area (Å²) in [6.07, 6.45) is 1.89. The molecule has 1 heterocycles. The Hall–Kier alpha value is -2.65. The highest BCUT2D eigenvalue weighted by Crippen LogP contribution is 2.27. The Morgan fingerprint density at radius 3 is 2.17 bits per heavy atom. The molecule has 0 saturated heterocycles. The van der Waals surface area contributed by atoms with Gasteiger partial charge in [0, 0.05) is 18.9 Å². The van der Waals surface area contributed by atoms with Gasteiger partial charge in [-0.1, -0.05) is 48.5 Å². The predicted molar refractivity (Wildman–Crippen MR) is 96.0 cm³/mol. The number of benzene rings is 2. The second-order valence-corrected chi connectivity index (χ2v) is 5.68. The maximum atomic E-state index is 6.40. The summed E-state index contributed by atoms with van der Waals surface area (Å²) in [7, 11) is 2.02. The molecule has 0 bridgehead atoms. The van der Waals surface area contributed by atoms with E-state index >= 15 is 0 Å². The summed E-state index contributed by atoms with van der Waals surface area (Å²) in [5.74, 6) is 0.915. The van der Waals surface area contributed by atoms with Crippen LogP contribution < -0.4 is 10.6 Å². The third kappa shape index (κ3) is 3.25. The first kappa shape index (κ1) is 15.3. The van der Waals surface area contributed by atoms with Crippen molar-refractivity contribution in [3.05, 3.63) is 89.6 Å². The lowest BCUT2D eigenvalue weighted by molar-refractivity contribution is 0.851. The van der Waals surface area contributed by atoms with Crippen molar-refractivity contribution in [1.29, 1.82) is 0 Å². The van der Waals surface area contributed by atoms with Gasteiger partial charge >= 0.3 is 0 Å². The van der Waals surface area contributed by atoms with Crippen molar-refractivity contribution in [2.45, 2.75) is 13.0 Å². The van der Waals surface area contributed by atoms with E-state index in [4.69, 9.17) is 5.73 Å². The van der Waals surface area contributed by atoms with E-state index in [1.807, 2.05) is 61.8 Å². The summed E-state index contributed by atoms with van der Waals surface area (Å²) < 4.78 is 0. The van der Waals surface area contributed by atoms with Gasteiger partial charge in [0.1, 0.15) is 5.82 Å². The van der Waals surface area contributed by atoms with Crippen LogP contribution in [0.5, 0.6) is 0 Å². The fourth-order valence-electron chi connectivity index (χ4n) is 2.68. The number of hydrogen-bond donors (Lipinski definition) is 1. The lowest BCUT2D eigenvalue weighted by atomic mass is 9.97. The van der Waals surface area contributed by atoms with E-state index in [2.05, 4.69) is 35.0 Å². The van der Waals surface area contributed by atoms with E-state index in [0.29, 0.717) is 0 Å². The molecule has 3 aromatic rings. The number of nitrogens with zero attached hydrogens (tertiary/aromatic N) is 2. The van der Waals surface area contributed by atoms with Crippen molar-refractivity contribution in [2.24, 2.45) is 5.73 Å². The Kier molecular flexibility index (Phi) is 4.40. The van der Waals surface area contributed by atoms with Crippen molar-refractivity contribution in [3.63, 3.8) is 0 Å². The maximum Gasteiger partial charge on any atom is 0.132 e. The molecule has 23 heavy (non-hydrogen) atoms. The Morgan fingerprint density at radius 2 is 1.57 bits per heavy atom. The van der Waals surface area contributed by atoms with Gasteiger partial charge in [0.25, 0.3) is 0 Å². The second-order valence-electron chi connectivity index (χ2n) is 5.68. The molecule has 2 N–H and O–H groups in total. The van der Waals surface area contributed by atoms with Gasteiger partial charge in [-0.05, 0) is 41.8 Å². The summed E-state index contributed by atoms with van der Waals surface area (Å²) in [6, 6.07) is 22.3. The molecule has 116 valence electrons. The number of anilines is 2. The highest BCUT2D eigenvalue weighted by atomic mass is 15.2. The van der Waals surface area contributed by atoms with E-state index < -0.39 is 0 Å². The van der Waals surface area contributed by atoms with Crippen LogP contribution in [0.4, 0.5) is 11.5 Å². The average Bonchev–Trinajstić information content (AvgIpc) is 2.62. The van der Waals surface area contributed by atoms with Crippen LogP contribution in [0.3, 0.4) is 0 Å². The molecule has 0 aliphatic heterocycles. The first-order valence-electron chi connectivity index (χ1n) is 7.72. The lowest BCUT2D eigenvalue weighted by Crippen LogP contribution is -2.16. The molecule has 0 aliphatic carbocycles. The molecular formula is C20H21N3. The zero-order valence-electron chi connectivity index (χ0n) is 13.5. The van der Waals surface area contributed by atoms with Gasteiger partial charge in [-0.25, -0.2) is 4.98 Å². The number of aryl methyl sites for hydroxylation is 1. The van der Waals surface area contributed by atoms with Gasteiger partial charge in [0.05, 0.1) is 6.04 Å². The topological polar surface area (TPSA) is 42.2 Å². The van der Waals surface area contributed by atoms with E-state index in [0.717, 1.165) is 28.2 Å². The zero-order valence-corrected chi connectivity index (χ0v) is 13.5. The van der Waals surface area contributed by atoms with Crippen LogP contribution in [0.15, 0.2) is 72.9 Å².